The smallest absolute Gasteiger partial charge is 0.338 e. The number of rotatable bonds is 9. The molecule has 41 heavy (non-hydrogen) atoms. The number of ether oxygens (including phenoxy) is 4. The summed E-state index contributed by atoms with van der Waals surface area (Å²) in [6.45, 7) is 9.50. The van der Waals surface area contributed by atoms with Crippen LogP contribution in [0.3, 0.4) is 0 Å². The van der Waals surface area contributed by atoms with Gasteiger partial charge < -0.3 is 18.9 Å². The van der Waals surface area contributed by atoms with Gasteiger partial charge in [0.1, 0.15) is 0 Å². The maximum atomic E-state index is 14.0. The van der Waals surface area contributed by atoms with Crippen LogP contribution in [0.2, 0.25) is 0 Å². The number of aromatic nitrogens is 1. The van der Waals surface area contributed by atoms with Gasteiger partial charge in [0, 0.05) is 17.0 Å². The normalized spacial score (nSPS) is 14.8. The minimum Gasteiger partial charge on any atom is -0.490 e. The second-order valence-electron chi connectivity index (χ2n) is 8.77. The monoisotopic (exact) mass is 706 g/mol. The molecule has 1 atom stereocenters. The molecule has 4 rings (SSSR count). The minimum atomic E-state index is -0.829. The third kappa shape index (κ3) is 6.49. The van der Waals surface area contributed by atoms with Crippen molar-refractivity contribution in [2.75, 3.05) is 19.8 Å². The maximum absolute atomic E-state index is 14.0. The predicted octanol–water partition coefficient (Wildman–Crippen LogP) is 5.05. The molecular formula is C29H28Br2N2O7S. The lowest BCUT2D eigenvalue weighted by atomic mass is 9.95. The van der Waals surface area contributed by atoms with Crippen LogP contribution in [0.1, 0.15) is 51.8 Å². The van der Waals surface area contributed by atoms with Crippen molar-refractivity contribution in [1.82, 2.24) is 4.57 Å². The number of carbonyl (C=O) groups excluding carboxylic acids is 2. The average molecular weight is 708 g/mol. The first-order valence-corrected chi connectivity index (χ1v) is 15.3. The Hall–Kier alpha value is -3.22. The van der Waals surface area contributed by atoms with Crippen molar-refractivity contribution in [2.45, 2.75) is 40.7 Å². The van der Waals surface area contributed by atoms with Gasteiger partial charge in [-0.05, 0) is 79.5 Å². The number of benzene rings is 2. The number of allylic oxidation sites excluding steroid dienone is 1. The Morgan fingerprint density at radius 3 is 2.41 bits per heavy atom. The molecule has 3 aromatic rings. The molecule has 216 valence electrons. The van der Waals surface area contributed by atoms with Gasteiger partial charge in [-0.25, -0.2) is 9.79 Å². The topological polar surface area (TPSA) is 105 Å². The molecule has 0 fully saturated rings. The molecule has 1 aromatic heterocycles. The molecule has 0 unspecified atom stereocenters. The van der Waals surface area contributed by atoms with Crippen molar-refractivity contribution in [3.05, 3.63) is 81.4 Å². The van der Waals surface area contributed by atoms with Crippen molar-refractivity contribution in [2.24, 2.45) is 4.99 Å². The van der Waals surface area contributed by atoms with Crippen molar-refractivity contribution in [3.63, 3.8) is 0 Å². The summed E-state index contributed by atoms with van der Waals surface area (Å²) < 4.78 is 25.5. The Balaban J connectivity index is 1.99. The Bertz CT molecular complexity index is 1730. The number of hydrogen-bond donors (Lipinski definition) is 0. The zero-order valence-electron chi connectivity index (χ0n) is 23.1. The lowest BCUT2D eigenvalue weighted by Crippen LogP contribution is -2.40. The summed E-state index contributed by atoms with van der Waals surface area (Å²) in [5, 5.41) is 0. The molecule has 0 saturated carbocycles. The van der Waals surface area contributed by atoms with E-state index >= 15 is 0 Å². The van der Waals surface area contributed by atoms with Gasteiger partial charge >= 0.3 is 11.9 Å². The van der Waals surface area contributed by atoms with E-state index in [-0.39, 0.29) is 23.5 Å². The molecule has 12 heteroatoms. The molecular weight excluding hydrogens is 680 g/mol. The highest BCUT2D eigenvalue weighted by Gasteiger charge is 2.34. The average Bonchev–Trinajstić information content (AvgIpc) is 3.20. The van der Waals surface area contributed by atoms with E-state index in [1.54, 1.807) is 50.3 Å². The SMILES string of the molecule is CCOC(=O)C1=C(C)N=c2s/c(=C\c3cc(Br)cc(Br)c3OC(C)=O)c(=O)n2[C@H]1c1ccc(OCC)c(OCC)c1. The van der Waals surface area contributed by atoms with Gasteiger partial charge in [0.15, 0.2) is 22.0 Å². The van der Waals surface area contributed by atoms with E-state index in [1.807, 2.05) is 13.8 Å². The lowest BCUT2D eigenvalue weighted by molar-refractivity contribution is -0.139. The van der Waals surface area contributed by atoms with Crippen LogP contribution in [0.15, 0.2) is 60.3 Å². The number of hydrogen-bond acceptors (Lipinski definition) is 9. The number of thiazole rings is 1. The maximum Gasteiger partial charge on any atom is 0.338 e. The number of halogens is 2. The zero-order chi connectivity index (χ0) is 29.8. The first-order chi connectivity index (χ1) is 19.6. The van der Waals surface area contributed by atoms with E-state index in [9.17, 15) is 14.4 Å². The second kappa shape index (κ2) is 13.2. The largest absolute Gasteiger partial charge is 0.490 e. The molecule has 0 aliphatic carbocycles. The first kappa shape index (κ1) is 30.7. The van der Waals surface area contributed by atoms with E-state index in [2.05, 4.69) is 36.9 Å². The van der Waals surface area contributed by atoms with E-state index < -0.39 is 18.0 Å². The van der Waals surface area contributed by atoms with E-state index in [4.69, 9.17) is 18.9 Å². The fourth-order valence-corrected chi connectivity index (χ4v) is 6.80. The molecule has 2 heterocycles. The Labute approximate surface area is 257 Å². The van der Waals surface area contributed by atoms with Gasteiger partial charge in [0.05, 0.1) is 46.1 Å². The number of fused-ring (bicyclic) bond motifs is 1. The summed E-state index contributed by atoms with van der Waals surface area (Å²) in [6.07, 6.45) is 1.64. The van der Waals surface area contributed by atoms with E-state index in [1.165, 1.54) is 22.8 Å². The summed E-state index contributed by atoms with van der Waals surface area (Å²) in [5.74, 6) is 0.269. The van der Waals surface area contributed by atoms with Crippen LogP contribution in [0, 0.1) is 0 Å². The van der Waals surface area contributed by atoms with Gasteiger partial charge in [-0.3, -0.25) is 14.2 Å². The third-order valence-corrected chi connectivity index (χ3v) is 8.00. The highest BCUT2D eigenvalue weighted by atomic mass is 79.9. The van der Waals surface area contributed by atoms with E-state index in [0.29, 0.717) is 55.3 Å². The van der Waals surface area contributed by atoms with Gasteiger partial charge in [-0.1, -0.05) is 33.3 Å². The molecule has 1 aliphatic heterocycles. The quantitative estimate of drug-likeness (QED) is 0.227. The zero-order valence-corrected chi connectivity index (χ0v) is 27.1. The highest BCUT2D eigenvalue weighted by molar-refractivity contribution is 9.11. The standard InChI is InChI=1S/C29H28Br2N2O7S/c1-6-37-21-10-9-17(12-22(21)38-7-2)25-24(28(36)39-8-3)15(4)32-29-33(25)27(35)23(41-29)13-18-11-19(30)14-20(31)26(18)40-16(5)34/h9-14,25H,6-8H2,1-5H3/b23-13-/t25-/m0/s1. The molecule has 0 saturated heterocycles. The first-order valence-electron chi connectivity index (χ1n) is 12.9. The number of nitrogens with zero attached hydrogens (tertiary/aromatic N) is 2. The molecule has 9 nitrogen and oxygen atoms in total. The van der Waals surface area contributed by atoms with Crippen LogP contribution >= 0.6 is 43.2 Å². The summed E-state index contributed by atoms with van der Waals surface area (Å²) in [5.41, 5.74) is 1.46. The predicted molar refractivity (Wildman–Crippen MR) is 162 cm³/mol. The fourth-order valence-electron chi connectivity index (χ4n) is 4.42. The summed E-state index contributed by atoms with van der Waals surface area (Å²) in [4.78, 5) is 44.1. The summed E-state index contributed by atoms with van der Waals surface area (Å²) >= 11 is 8.05. The van der Waals surface area contributed by atoms with Crippen LogP contribution in [-0.4, -0.2) is 36.3 Å². The van der Waals surface area contributed by atoms with Crippen molar-refractivity contribution < 1.29 is 28.5 Å². The third-order valence-electron chi connectivity index (χ3n) is 5.97. The molecule has 0 radical (unpaired) electrons. The Kier molecular flexibility index (Phi) is 9.88. The van der Waals surface area contributed by atoms with Gasteiger partial charge in [0.2, 0.25) is 0 Å². The fraction of sp³-hybridized carbons (Fsp3) is 0.310. The van der Waals surface area contributed by atoms with Crippen LogP contribution < -0.4 is 29.1 Å². The van der Waals surface area contributed by atoms with Crippen LogP contribution in [0.25, 0.3) is 6.08 Å². The molecule has 0 spiro atoms. The van der Waals surface area contributed by atoms with Crippen LogP contribution in [0.5, 0.6) is 17.2 Å². The molecule has 0 bridgehead atoms. The molecule has 0 N–H and O–H groups in total. The summed E-state index contributed by atoms with van der Waals surface area (Å²) in [6, 6.07) is 8.01. The van der Waals surface area contributed by atoms with Gasteiger partial charge in [-0.15, -0.1) is 0 Å². The highest BCUT2D eigenvalue weighted by Crippen LogP contribution is 2.37. The molecule has 0 amide bonds. The molecule has 2 aromatic carbocycles. The lowest BCUT2D eigenvalue weighted by Gasteiger charge is -2.25. The molecule has 1 aliphatic rings. The van der Waals surface area contributed by atoms with E-state index in [0.717, 1.165) is 4.47 Å². The summed E-state index contributed by atoms with van der Waals surface area (Å²) in [7, 11) is 0. The second-order valence-corrected chi connectivity index (χ2v) is 11.6. The van der Waals surface area contributed by atoms with Crippen LogP contribution in [0.4, 0.5) is 0 Å². The minimum absolute atomic E-state index is 0.164. The van der Waals surface area contributed by atoms with Crippen molar-refractivity contribution in [3.8, 4) is 17.2 Å². The van der Waals surface area contributed by atoms with Crippen molar-refractivity contribution >= 4 is 61.2 Å². The van der Waals surface area contributed by atoms with Gasteiger partial charge in [-0.2, -0.15) is 0 Å². The Morgan fingerprint density at radius 1 is 1.05 bits per heavy atom. The number of carbonyl (C=O) groups is 2. The van der Waals surface area contributed by atoms with Crippen LogP contribution in [-0.2, 0) is 14.3 Å². The Morgan fingerprint density at radius 2 is 1.76 bits per heavy atom. The number of esters is 2. The van der Waals surface area contributed by atoms with Gasteiger partial charge in [0.25, 0.3) is 5.56 Å². The van der Waals surface area contributed by atoms with Crippen molar-refractivity contribution in [1.29, 1.82) is 0 Å².